The first kappa shape index (κ1) is 22.0. The van der Waals surface area contributed by atoms with Gasteiger partial charge in [0.1, 0.15) is 11.5 Å². The Morgan fingerprint density at radius 3 is 1.93 bits per heavy atom. The highest BCUT2D eigenvalue weighted by atomic mass is 35.5. The van der Waals surface area contributed by atoms with Crippen molar-refractivity contribution in [2.45, 2.75) is 4.75 Å². The van der Waals surface area contributed by atoms with E-state index in [0.717, 1.165) is 6.07 Å². The van der Waals surface area contributed by atoms with Crippen molar-refractivity contribution < 1.29 is 23.2 Å². The first-order valence-electron chi connectivity index (χ1n) is 7.90. The van der Waals surface area contributed by atoms with Gasteiger partial charge in [0.25, 0.3) is 10.1 Å². The van der Waals surface area contributed by atoms with Crippen LogP contribution in [0.25, 0.3) is 0 Å². The van der Waals surface area contributed by atoms with E-state index in [9.17, 15) is 23.2 Å². The Labute approximate surface area is 186 Å². The molecule has 0 bridgehead atoms. The van der Waals surface area contributed by atoms with Crippen molar-refractivity contribution in [2.75, 3.05) is 0 Å². The van der Waals surface area contributed by atoms with Crippen molar-refractivity contribution in [2.24, 2.45) is 0 Å². The number of phenolic OH excluding ortho intramolecular Hbond substituents is 2. The zero-order valence-electron chi connectivity index (χ0n) is 14.3. The minimum Gasteiger partial charge on any atom is -0.508 e. The van der Waals surface area contributed by atoms with E-state index in [0.29, 0.717) is 0 Å². The van der Waals surface area contributed by atoms with E-state index < -0.39 is 26.4 Å². The molecule has 0 aromatic heterocycles. The fraction of sp³-hybridized carbons (Fsp3) is 0.0526. The molecular formula is C19H12Cl4O5S. The molecule has 0 saturated carbocycles. The van der Waals surface area contributed by atoms with Crippen LogP contribution in [0.15, 0.2) is 54.6 Å². The monoisotopic (exact) mass is 492 g/mol. The van der Waals surface area contributed by atoms with Gasteiger partial charge in [0.2, 0.25) is 0 Å². The van der Waals surface area contributed by atoms with Gasteiger partial charge in [-0.15, -0.1) is 0 Å². The summed E-state index contributed by atoms with van der Waals surface area (Å²) >= 11 is 24.3. The van der Waals surface area contributed by atoms with Gasteiger partial charge in [-0.25, -0.2) is 0 Å². The average Bonchev–Trinajstić information content (AvgIpc) is 2.65. The second-order valence-electron chi connectivity index (χ2n) is 6.06. The summed E-state index contributed by atoms with van der Waals surface area (Å²) in [5, 5.41) is 20.2. The second kappa shape index (κ2) is 7.87. The molecule has 3 aromatic carbocycles. The smallest absolute Gasteiger partial charge is 0.283 e. The Balaban J connectivity index is 2.61. The summed E-state index contributed by atoms with van der Waals surface area (Å²) in [5.74, 6) is -0.884. The third-order valence-corrected chi connectivity index (χ3v) is 7.50. The van der Waals surface area contributed by atoms with Crippen molar-refractivity contribution in [3.63, 3.8) is 0 Å². The molecule has 3 rings (SSSR count). The van der Waals surface area contributed by atoms with Gasteiger partial charge in [-0.3, -0.25) is 4.55 Å². The molecule has 0 heterocycles. The van der Waals surface area contributed by atoms with Crippen LogP contribution >= 0.6 is 46.4 Å². The number of phenols is 2. The van der Waals surface area contributed by atoms with E-state index in [1.54, 1.807) is 0 Å². The summed E-state index contributed by atoms with van der Waals surface area (Å²) in [6, 6.07) is 11.6. The van der Waals surface area contributed by atoms with E-state index >= 15 is 0 Å². The maximum Gasteiger partial charge on any atom is 0.283 e. The van der Waals surface area contributed by atoms with Crippen molar-refractivity contribution in [3.8, 4) is 11.5 Å². The number of hydrogen-bond acceptors (Lipinski definition) is 4. The first-order chi connectivity index (χ1) is 13.5. The molecule has 0 aliphatic carbocycles. The van der Waals surface area contributed by atoms with Crippen LogP contribution in [-0.2, 0) is 14.9 Å². The Bertz CT molecular complexity index is 1210. The molecule has 0 radical (unpaired) electrons. The van der Waals surface area contributed by atoms with Crippen molar-refractivity contribution >= 4 is 56.5 Å². The summed E-state index contributed by atoms with van der Waals surface area (Å²) < 4.78 is 33.9. The van der Waals surface area contributed by atoms with Gasteiger partial charge in [-0.1, -0.05) is 76.7 Å². The number of halogens is 4. The molecule has 29 heavy (non-hydrogen) atoms. The van der Waals surface area contributed by atoms with Gasteiger partial charge in [0, 0.05) is 11.1 Å². The number of rotatable bonds is 4. The standard InChI is InChI=1S/C19H12Cl4O5S/c20-13-7-5-10(9-16(13)25)19(29(26,27)28,11-3-1-2-4-15(11)24)12-6-8-14(21)18(23)17(12)22/h1-9,24-25H,(H,26,27,28). The normalized spacial score (nSPS) is 13.8. The Morgan fingerprint density at radius 2 is 1.34 bits per heavy atom. The maximum absolute atomic E-state index is 12.9. The Hall–Kier alpha value is -1.67. The SMILES string of the molecule is O=S(=O)(O)C(c1ccc(Cl)c(O)c1)(c1ccccc1O)c1ccc(Cl)c(Cl)c1Cl. The Morgan fingerprint density at radius 1 is 0.724 bits per heavy atom. The molecule has 1 atom stereocenters. The average molecular weight is 494 g/mol. The lowest BCUT2D eigenvalue weighted by atomic mass is 9.83. The van der Waals surface area contributed by atoms with Crippen LogP contribution in [0.5, 0.6) is 11.5 Å². The number of benzene rings is 3. The van der Waals surface area contributed by atoms with Crippen LogP contribution in [0.3, 0.4) is 0 Å². The van der Waals surface area contributed by atoms with Crippen LogP contribution in [-0.4, -0.2) is 23.2 Å². The fourth-order valence-corrected chi connectivity index (χ4v) is 5.36. The zero-order valence-corrected chi connectivity index (χ0v) is 18.1. The fourth-order valence-electron chi connectivity index (χ4n) is 3.18. The predicted molar refractivity (Wildman–Crippen MR) is 114 cm³/mol. The number of aromatic hydroxyl groups is 2. The van der Waals surface area contributed by atoms with Crippen LogP contribution in [0.2, 0.25) is 20.1 Å². The lowest BCUT2D eigenvalue weighted by Gasteiger charge is -2.34. The molecule has 1 unspecified atom stereocenters. The van der Waals surface area contributed by atoms with Gasteiger partial charge in [-0.05, 0) is 29.8 Å². The van der Waals surface area contributed by atoms with Gasteiger partial charge in [0.05, 0.1) is 20.1 Å². The van der Waals surface area contributed by atoms with Gasteiger partial charge >= 0.3 is 0 Å². The highest BCUT2D eigenvalue weighted by Crippen LogP contribution is 2.51. The molecule has 0 fully saturated rings. The molecular weight excluding hydrogens is 482 g/mol. The summed E-state index contributed by atoms with van der Waals surface area (Å²) in [5.41, 5.74) is -0.535. The highest BCUT2D eigenvalue weighted by molar-refractivity contribution is 7.87. The molecule has 0 aliphatic heterocycles. The van der Waals surface area contributed by atoms with Crippen LogP contribution in [0.1, 0.15) is 16.7 Å². The van der Waals surface area contributed by atoms with E-state index in [1.807, 2.05) is 0 Å². The van der Waals surface area contributed by atoms with Crippen LogP contribution < -0.4 is 0 Å². The van der Waals surface area contributed by atoms with E-state index in [1.165, 1.54) is 48.5 Å². The van der Waals surface area contributed by atoms with Crippen molar-refractivity contribution in [1.82, 2.24) is 0 Å². The molecule has 0 saturated heterocycles. The number of para-hydroxylation sites is 1. The molecule has 10 heteroatoms. The van der Waals surface area contributed by atoms with E-state index in [4.69, 9.17) is 46.4 Å². The van der Waals surface area contributed by atoms with Gasteiger partial charge < -0.3 is 10.2 Å². The summed E-state index contributed by atoms with van der Waals surface area (Å²) in [6.45, 7) is 0. The first-order valence-corrected chi connectivity index (χ1v) is 10.9. The Kier molecular flexibility index (Phi) is 5.98. The highest BCUT2D eigenvalue weighted by Gasteiger charge is 2.51. The number of hydrogen-bond donors (Lipinski definition) is 3. The van der Waals surface area contributed by atoms with Gasteiger partial charge in [0.15, 0.2) is 4.75 Å². The summed E-state index contributed by atoms with van der Waals surface area (Å²) in [7, 11) is -5.09. The third-order valence-electron chi connectivity index (χ3n) is 4.44. The third kappa shape index (κ3) is 3.54. The minimum absolute atomic E-state index is 0.0458. The van der Waals surface area contributed by atoms with E-state index in [-0.39, 0.29) is 36.8 Å². The largest absolute Gasteiger partial charge is 0.508 e. The molecule has 0 amide bonds. The van der Waals surface area contributed by atoms with Crippen LogP contribution in [0, 0.1) is 0 Å². The maximum atomic E-state index is 12.9. The summed E-state index contributed by atoms with van der Waals surface area (Å²) in [6.07, 6.45) is 0. The van der Waals surface area contributed by atoms with Crippen LogP contribution in [0.4, 0.5) is 0 Å². The quantitative estimate of drug-likeness (QED) is 0.239. The predicted octanol–water partition coefficient (Wildman–Crippen LogP) is 5.89. The van der Waals surface area contributed by atoms with E-state index in [2.05, 4.69) is 0 Å². The minimum atomic E-state index is -5.09. The zero-order chi connectivity index (χ0) is 21.6. The van der Waals surface area contributed by atoms with Crippen molar-refractivity contribution in [3.05, 3.63) is 91.4 Å². The van der Waals surface area contributed by atoms with Gasteiger partial charge in [-0.2, -0.15) is 8.42 Å². The molecule has 0 aliphatic rings. The lowest BCUT2D eigenvalue weighted by Crippen LogP contribution is -2.38. The molecule has 152 valence electrons. The van der Waals surface area contributed by atoms with Crippen molar-refractivity contribution in [1.29, 1.82) is 0 Å². The molecule has 5 nitrogen and oxygen atoms in total. The summed E-state index contributed by atoms with van der Waals surface area (Å²) in [4.78, 5) is 0. The molecule has 0 spiro atoms. The molecule has 3 N–H and O–H groups in total. The lowest BCUT2D eigenvalue weighted by molar-refractivity contribution is 0.439. The molecule has 3 aromatic rings. The topological polar surface area (TPSA) is 94.8 Å². The second-order valence-corrected chi connectivity index (χ2v) is 9.20.